The van der Waals surface area contributed by atoms with Gasteiger partial charge in [0.1, 0.15) is 0 Å². The van der Waals surface area contributed by atoms with Crippen LogP contribution in [0, 0.1) is 6.92 Å². The summed E-state index contributed by atoms with van der Waals surface area (Å²) in [5, 5.41) is 15.6. The van der Waals surface area contributed by atoms with Crippen LogP contribution in [0.3, 0.4) is 0 Å². The summed E-state index contributed by atoms with van der Waals surface area (Å²) in [5.74, 6) is -1.30. The molecule has 0 rings (SSSR count). The normalized spacial score (nSPS) is 11.7. The molecule has 0 aromatic heterocycles. The van der Waals surface area contributed by atoms with E-state index in [0.717, 1.165) is 0 Å². The minimum Gasteiger partial charge on any atom is -0.481 e. The van der Waals surface area contributed by atoms with Crippen molar-refractivity contribution in [2.45, 2.75) is 6.10 Å². The van der Waals surface area contributed by atoms with Gasteiger partial charge in [-0.1, -0.05) is 0 Å². The zero-order valence-electron chi connectivity index (χ0n) is 3.39. The number of carboxylic acid groups (broad SMARTS) is 1. The summed E-state index contributed by atoms with van der Waals surface area (Å²) in [6.45, 7) is 2.79. The Labute approximate surface area is 56.9 Å². The van der Waals surface area contributed by atoms with Gasteiger partial charge in [0.2, 0.25) is 0 Å². The second-order valence-corrected chi connectivity index (χ2v) is 0.854. The zero-order valence-corrected chi connectivity index (χ0v) is 5.56. The van der Waals surface area contributed by atoms with Crippen LogP contribution >= 0.6 is 0 Å². The monoisotopic (exact) mass is 286 g/mol. The SMILES string of the molecule is [Au+].[CH2-]C(O)C(=O)O. The molecule has 3 nitrogen and oxygen atoms in total. The van der Waals surface area contributed by atoms with Crippen molar-refractivity contribution in [1.29, 1.82) is 0 Å². The minimum absolute atomic E-state index is 0. The van der Waals surface area contributed by atoms with Gasteiger partial charge in [-0.3, -0.25) is 4.79 Å². The van der Waals surface area contributed by atoms with Gasteiger partial charge in [-0.15, -0.1) is 0 Å². The maximum atomic E-state index is 9.39. The molecule has 0 aromatic carbocycles. The summed E-state index contributed by atoms with van der Waals surface area (Å²) in [7, 11) is 0. The van der Waals surface area contributed by atoms with E-state index in [9.17, 15) is 4.79 Å². The maximum absolute atomic E-state index is 9.39. The number of carbonyl (C=O) groups is 1. The van der Waals surface area contributed by atoms with E-state index in [2.05, 4.69) is 6.92 Å². The number of carboxylic acids is 1. The van der Waals surface area contributed by atoms with Gasteiger partial charge in [0.05, 0.1) is 0 Å². The van der Waals surface area contributed by atoms with Gasteiger partial charge in [-0.05, 0) is 0 Å². The van der Waals surface area contributed by atoms with Crippen molar-refractivity contribution in [2.75, 3.05) is 0 Å². The molecule has 0 spiro atoms. The van der Waals surface area contributed by atoms with E-state index in [1.165, 1.54) is 0 Å². The first-order valence-corrected chi connectivity index (χ1v) is 1.38. The largest absolute Gasteiger partial charge is 1.00 e. The van der Waals surface area contributed by atoms with E-state index in [-0.39, 0.29) is 22.4 Å². The second-order valence-electron chi connectivity index (χ2n) is 0.854. The van der Waals surface area contributed by atoms with Crippen LogP contribution in [0.1, 0.15) is 0 Å². The van der Waals surface area contributed by atoms with Crippen molar-refractivity contribution in [3.63, 3.8) is 0 Å². The first kappa shape index (κ1) is 10.2. The standard InChI is InChI=1S/C3H5O3.Au/c1-2(4)3(5)6;/h2,4H,1H2,(H,5,6);/q-1;+1. The summed E-state index contributed by atoms with van der Waals surface area (Å²) in [6.07, 6.45) is -1.48. The molecule has 0 bridgehead atoms. The molecule has 46 valence electrons. The zero-order chi connectivity index (χ0) is 5.15. The van der Waals surface area contributed by atoms with Gasteiger partial charge in [0.25, 0.3) is 0 Å². The summed E-state index contributed by atoms with van der Waals surface area (Å²) >= 11 is 0. The number of aliphatic hydroxyl groups excluding tert-OH is 1. The number of hydrogen-bond acceptors (Lipinski definition) is 2. The number of rotatable bonds is 1. The Morgan fingerprint density at radius 3 is 1.86 bits per heavy atom. The molecule has 0 amide bonds. The fourth-order valence-corrected chi connectivity index (χ4v) is 0. The third kappa shape index (κ3) is 6.17. The fraction of sp³-hybridized carbons (Fsp3) is 0.333. The molecule has 0 saturated heterocycles. The van der Waals surface area contributed by atoms with Crippen LogP contribution in [0.2, 0.25) is 0 Å². The molecule has 2 N–H and O–H groups in total. The Morgan fingerprint density at radius 2 is 1.86 bits per heavy atom. The van der Waals surface area contributed by atoms with Crippen LogP contribution in [0.4, 0.5) is 0 Å². The molecule has 0 saturated carbocycles. The average molecular weight is 286 g/mol. The van der Waals surface area contributed by atoms with E-state index < -0.39 is 12.1 Å². The molecular weight excluding hydrogens is 281 g/mol. The molecule has 7 heavy (non-hydrogen) atoms. The minimum atomic E-state index is -1.48. The summed E-state index contributed by atoms with van der Waals surface area (Å²) in [6, 6.07) is 0. The molecule has 4 heteroatoms. The topological polar surface area (TPSA) is 57.5 Å². The third-order valence-corrected chi connectivity index (χ3v) is 0.285. The van der Waals surface area contributed by atoms with Crippen LogP contribution in [0.15, 0.2) is 0 Å². The molecule has 0 aliphatic rings. The molecule has 1 atom stereocenters. The van der Waals surface area contributed by atoms with Crippen LogP contribution in [0.5, 0.6) is 0 Å². The number of aliphatic hydroxyl groups is 1. The van der Waals surface area contributed by atoms with Gasteiger partial charge in [-0.25, -0.2) is 0 Å². The van der Waals surface area contributed by atoms with Gasteiger partial charge in [-0.2, -0.15) is 0 Å². The third-order valence-electron chi connectivity index (χ3n) is 0.285. The van der Waals surface area contributed by atoms with Crippen molar-refractivity contribution in [2.24, 2.45) is 0 Å². The summed E-state index contributed by atoms with van der Waals surface area (Å²) < 4.78 is 0. The molecule has 0 heterocycles. The predicted octanol–water partition coefficient (Wildman–Crippen LogP) is -0.737. The fourth-order valence-electron chi connectivity index (χ4n) is 0. The van der Waals surface area contributed by atoms with Crippen molar-refractivity contribution in [1.82, 2.24) is 0 Å². The van der Waals surface area contributed by atoms with E-state index in [1.54, 1.807) is 0 Å². The Bertz CT molecular complexity index is 61.2. The Morgan fingerprint density at radius 1 is 1.71 bits per heavy atom. The molecular formula is C3H5AuO3. The van der Waals surface area contributed by atoms with Gasteiger partial charge >= 0.3 is 28.3 Å². The number of aliphatic carboxylic acids is 1. The molecule has 0 radical (unpaired) electrons. The Kier molecular flexibility index (Phi) is 6.32. The van der Waals surface area contributed by atoms with Crippen LogP contribution in [-0.4, -0.2) is 22.3 Å². The quantitative estimate of drug-likeness (QED) is 0.493. The smallest absolute Gasteiger partial charge is 0.481 e. The molecule has 0 aromatic rings. The van der Waals surface area contributed by atoms with E-state index in [1.807, 2.05) is 0 Å². The van der Waals surface area contributed by atoms with E-state index >= 15 is 0 Å². The predicted molar refractivity (Wildman–Crippen MR) is 19.0 cm³/mol. The summed E-state index contributed by atoms with van der Waals surface area (Å²) in [4.78, 5) is 9.39. The Hall–Kier alpha value is 0.170. The molecule has 1 unspecified atom stereocenters. The van der Waals surface area contributed by atoms with Crippen LogP contribution in [-0.2, 0) is 27.2 Å². The van der Waals surface area contributed by atoms with Crippen molar-refractivity contribution in [3.8, 4) is 0 Å². The van der Waals surface area contributed by atoms with Crippen LogP contribution in [0.25, 0.3) is 0 Å². The Balaban J connectivity index is 0. The summed E-state index contributed by atoms with van der Waals surface area (Å²) in [5.41, 5.74) is 0. The maximum Gasteiger partial charge on any atom is 1.00 e. The number of hydrogen-bond donors (Lipinski definition) is 2. The first-order valence-electron chi connectivity index (χ1n) is 1.38. The van der Waals surface area contributed by atoms with E-state index in [4.69, 9.17) is 10.2 Å². The average Bonchev–Trinajstić information content (AvgIpc) is 1.36. The van der Waals surface area contributed by atoms with Gasteiger partial charge < -0.3 is 17.1 Å². The van der Waals surface area contributed by atoms with Crippen LogP contribution < -0.4 is 0 Å². The first-order chi connectivity index (χ1) is 2.64. The van der Waals surface area contributed by atoms with Crippen molar-refractivity contribution in [3.05, 3.63) is 6.92 Å². The van der Waals surface area contributed by atoms with Crippen molar-refractivity contribution < 1.29 is 37.4 Å². The molecule has 0 aliphatic carbocycles. The second kappa shape index (κ2) is 4.33. The molecule has 0 aliphatic heterocycles. The molecule has 0 fully saturated rings. The van der Waals surface area contributed by atoms with Gasteiger partial charge in [0, 0.05) is 6.10 Å². The van der Waals surface area contributed by atoms with Gasteiger partial charge in [0.15, 0.2) is 0 Å². The van der Waals surface area contributed by atoms with Crippen molar-refractivity contribution >= 4 is 5.97 Å². The van der Waals surface area contributed by atoms with E-state index in [0.29, 0.717) is 0 Å².